The van der Waals surface area contributed by atoms with Crippen molar-refractivity contribution in [3.8, 4) is 0 Å². The first kappa shape index (κ1) is 18.0. The number of carboxylic acid groups (broad SMARTS) is 2. The molecule has 7 N–H and O–H groups in total. The summed E-state index contributed by atoms with van der Waals surface area (Å²) in [6.07, 6.45) is 0. The number of nitrogens with two attached hydrogens (primary N) is 2. The molecule has 10 heteroatoms. The average Bonchev–Trinajstić information content (AvgIpc) is 2.31. The van der Waals surface area contributed by atoms with Gasteiger partial charge in [0.05, 0.1) is 0 Å². The van der Waals surface area contributed by atoms with E-state index in [1.54, 1.807) is 0 Å². The Morgan fingerprint density at radius 3 is 2.32 bits per heavy atom. The molecule has 0 bridgehead atoms. The second-order valence-corrected chi connectivity index (χ2v) is 6.37. The Kier molecular flexibility index (Phi) is 7.83. The Morgan fingerprint density at radius 1 is 1.32 bits per heavy atom. The number of hydrogen-bond donors (Lipinski definition) is 5. The molecule has 19 heavy (non-hydrogen) atoms. The number of carboxylic acids is 2. The highest BCUT2D eigenvalue weighted by atomic mass is 33.1. The molecule has 0 rings (SSSR count). The van der Waals surface area contributed by atoms with Crippen LogP contribution in [-0.4, -0.2) is 57.7 Å². The standard InChI is InChI=1S/C9H17N3O5S2/c1-5(13)12-3-9(11,8(16)17)4-19-18-2-6(10)7(14)15/h6H,2-4,10-11H2,1H3,(H,12,13)(H,14,15)(H,16,17)/t6-,9-/m0/s1. The van der Waals surface area contributed by atoms with E-state index in [1.807, 2.05) is 0 Å². The molecular formula is C9H17N3O5S2. The maximum Gasteiger partial charge on any atom is 0.326 e. The third kappa shape index (κ3) is 7.25. The fourth-order valence-electron chi connectivity index (χ4n) is 0.810. The summed E-state index contributed by atoms with van der Waals surface area (Å²) in [5, 5.41) is 19.9. The van der Waals surface area contributed by atoms with Crippen molar-refractivity contribution in [3.05, 3.63) is 0 Å². The van der Waals surface area contributed by atoms with E-state index in [1.165, 1.54) is 6.92 Å². The third-order valence-corrected chi connectivity index (χ3v) is 4.60. The third-order valence-electron chi connectivity index (χ3n) is 2.04. The highest BCUT2D eigenvalue weighted by Crippen LogP contribution is 2.25. The number of aliphatic carboxylic acids is 2. The molecule has 0 fully saturated rings. The minimum Gasteiger partial charge on any atom is -0.480 e. The lowest BCUT2D eigenvalue weighted by atomic mass is 10.0. The van der Waals surface area contributed by atoms with E-state index in [9.17, 15) is 14.4 Å². The van der Waals surface area contributed by atoms with Gasteiger partial charge in [-0.2, -0.15) is 0 Å². The molecule has 0 aliphatic heterocycles. The van der Waals surface area contributed by atoms with Crippen LogP contribution < -0.4 is 16.8 Å². The largest absolute Gasteiger partial charge is 0.480 e. The smallest absolute Gasteiger partial charge is 0.326 e. The molecule has 0 aliphatic carbocycles. The SMILES string of the molecule is CC(=O)NC[C@](N)(CSSC[C@H](N)C(=O)O)C(=O)O. The Balaban J connectivity index is 4.18. The van der Waals surface area contributed by atoms with Crippen molar-refractivity contribution in [2.24, 2.45) is 11.5 Å². The van der Waals surface area contributed by atoms with E-state index < -0.39 is 23.5 Å². The van der Waals surface area contributed by atoms with Gasteiger partial charge in [0.1, 0.15) is 11.6 Å². The molecule has 110 valence electrons. The topological polar surface area (TPSA) is 156 Å². The van der Waals surface area contributed by atoms with E-state index >= 15 is 0 Å². The lowest BCUT2D eigenvalue weighted by molar-refractivity contribution is -0.142. The predicted molar refractivity (Wildman–Crippen MR) is 73.8 cm³/mol. The summed E-state index contributed by atoms with van der Waals surface area (Å²) in [6, 6.07) is -1.01. The van der Waals surface area contributed by atoms with E-state index in [-0.39, 0.29) is 24.0 Å². The first-order valence-corrected chi connectivity index (χ1v) is 7.67. The zero-order chi connectivity index (χ0) is 15.1. The summed E-state index contributed by atoms with van der Waals surface area (Å²) < 4.78 is 0. The zero-order valence-corrected chi connectivity index (χ0v) is 11.9. The van der Waals surface area contributed by atoms with Crippen LogP contribution in [-0.2, 0) is 14.4 Å². The second-order valence-electron chi connectivity index (χ2n) is 3.86. The van der Waals surface area contributed by atoms with Gasteiger partial charge in [0.2, 0.25) is 5.91 Å². The van der Waals surface area contributed by atoms with Crippen LogP contribution in [0.2, 0.25) is 0 Å². The first-order valence-electron chi connectivity index (χ1n) is 5.18. The number of carbonyl (C=O) groups is 3. The van der Waals surface area contributed by atoms with Crippen LogP contribution in [0.4, 0.5) is 0 Å². The van der Waals surface area contributed by atoms with Crippen LogP contribution in [0.5, 0.6) is 0 Å². The van der Waals surface area contributed by atoms with Gasteiger partial charge in [-0.05, 0) is 0 Å². The average molecular weight is 311 g/mol. The minimum atomic E-state index is -1.60. The van der Waals surface area contributed by atoms with Gasteiger partial charge in [0.25, 0.3) is 0 Å². The van der Waals surface area contributed by atoms with Crippen molar-refractivity contribution < 1.29 is 24.6 Å². The summed E-state index contributed by atoms with van der Waals surface area (Å²) in [5.41, 5.74) is 9.36. The molecule has 0 heterocycles. The van der Waals surface area contributed by atoms with Crippen molar-refractivity contribution in [1.29, 1.82) is 0 Å². The van der Waals surface area contributed by atoms with Crippen molar-refractivity contribution in [3.63, 3.8) is 0 Å². The lowest BCUT2D eigenvalue weighted by Gasteiger charge is -2.24. The normalized spacial score (nSPS) is 15.3. The van der Waals surface area contributed by atoms with Crippen LogP contribution >= 0.6 is 21.6 Å². The summed E-state index contributed by atoms with van der Waals surface area (Å²) in [7, 11) is 2.23. The maximum absolute atomic E-state index is 11.1. The van der Waals surface area contributed by atoms with Crippen molar-refractivity contribution in [2.75, 3.05) is 18.1 Å². The van der Waals surface area contributed by atoms with Crippen molar-refractivity contribution in [2.45, 2.75) is 18.5 Å². The summed E-state index contributed by atoms with van der Waals surface area (Å²) in [4.78, 5) is 32.3. The van der Waals surface area contributed by atoms with Gasteiger partial charge in [0, 0.05) is 25.0 Å². The molecule has 0 aromatic carbocycles. The first-order chi connectivity index (χ1) is 8.69. The molecule has 0 saturated heterocycles. The highest BCUT2D eigenvalue weighted by Gasteiger charge is 2.34. The van der Waals surface area contributed by atoms with Gasteiger partial charge in [-0.25, -0.2) is 0 Å². The van der Waals surface area contributed by atoms with Crippen molar-refractivity contribution >= 4 is 39.4 Å². The summed E-state index contributed by atoms with van der Waals surface area (Å²) in [6.45, 7) is 1.06. The van der Waals surface area contributed by atoms with Gasteiger partial charge in [0.15, 0.2) is 0 Å². The van der Waals surface area contributed by atoms with Gasteiger partial charge < -0.3 is 27.0 Å². The lowest BCUT2D eigenvalue weighted by Crippen LogP contribution is -2.57. The molecule has 0 aromatic rings. The zero-order valence-electron chi connectivity index (χ0n) is 10.3. The van der Waals surface area contributed by atoms with Gasteiger partial charge in [-0.15, -0.1) is 0 Å². The number of amides is 1. The van der Waals surface area contributed by atoms with Crippen LogP contribution in [0.15, 0.2) is 0 Å². The van der Waals surface area contributed by atoms with Gasteiger partial charge >= 0.3 is 11.9 Å². The second kappa shape index (κ2) is 8.25. The van der Waals surface area contributed by atoms with Crippen molar-refractivity contribution in [1.82, 2.24) is 5.32 Å². The fraction of sp³-hybridized carbons (Fsp3) is 0.667. The highest BCUT2D eigenvalue weighted by molar-refractivity contribution is 8.76. The molecule has 0 aliphatic rings. The van der Waals surface area contributed by atoms with E-state index in [4.69, 9.17) is 21.7 Å². The number of rotatable bonds is 9. The molecule has 8 nitrogen and oxygen atoms in total. The Bertz CT molecular complexity index is 355. The van der Waals surface area contributed by atoms with Crippen LogP contribution in [0.3, 0.4) is 0 Å². The van der Waals surface area contributed by atoms with Crippen LogP contribution in [0, 0.1) is 0 Å². The summed E-state index contributed by atoms with van der Waals surface area (Å²) >= 11 is 0. The summed E-state index contributed by atoms with van der Waals surface area (Å²) in [5.74, 6) is -2.59. The number of nitrogens with one attached hydrogen (secondary N) is 1. The fourth-order valence-corrected chi connectivity index (χ4v) is 3.32. The predicted octanol–water partition coefficient (Wildman–Crippen LogP) is -1.30. The van der Waals surface area contributed by atoms with E-state index in [2.05, 4.69) is 5.32 Å². The molecule has 0 aromatic heterocycles. The number of carbonyl (C=O) groups excluding carboxylic acids is 1. The minimum absolute atomic E-state index is 0.0135. The molecular weight excluding hydrogens is 294 g/mol. The quantitative estimate of drug-likeness (QED) is 0.258. The Morgan fingerprint density at radius 2 is 1.89 bits per heavy atom. The monoisotopic (exact) mass is 311 g/mol. The molecule has 0 saturated carbocycles. The maximum atomic E-state index is 11.1. The Labute approximate surface area is 118 Å². The molecule has 0 spiro atoms. The Hall–Kier alpha value is -0.970. The number of hydrogen-bond acceptors (Lipinski definition) is 7. The van der Waals surface area contributed by atoms with E-state index in [0.29, 0.717) is 0 Å². The molecule has 0 radical (unpaired) electrons. The molecule has 0 unspecified atom stereocenters. The molecule has 1 amide bonds. The van der Waals surface area contributed by atoms with Gasteiger partial charge in [-0.1, -0.05) is 21.6 Å². The van der Waals surface area contributed by atoms with Crippen LogP contribution in [0.1, 0.15) is 6.92 Å². The van der Waals surface area contributed by atoms with Crippen LogP contribution in [0.25, 0.3) is 0 Å². The van der Waals surface area contributed by atoms with Gasteiger partial charge in [-0.3, -0.25) is 14.4 Å². The molecule has 2 atom stereocenters. The van der Waals surface area contributed by atoms with E-state index in [0.717, 1.165) is 21.6 Å².